The number of hydrogen-bond acceptors (Lipinski definition) is 5. The minimum absolute atomic E-state index is 0.186. The lowest BCUT2D eigenvalue weighted by atomic mass is 9.93. The van der Waals surface area contributed by atoms with Gasteiger partial charge in [0, 0.05) is 30.1 Å². The van der Waals surface area contributed by atoms with Crippen LogP contribution in [0.2, 0.25) is 10.0 Å². The van der Waals surface area contributed by atoms with Gasteiger partial charge in [0.2, 0.25) is 5.91 Å². The molecule has 0 saturated heterocycles. The van der Waals surface area contributed by atoms with Crippen LogP contribution in [0.4, 0.5) is 5.69 Å². The highest BCUT2D eigenvalue weighted by molar-refractivity contribution is 7.90. The highest BCUT2D eigenvalue weighted by Crippen LogP contribution is 2.32. The lowest BCUT2D eigenvalue weighted by molar-refractivity contribution is -0.143. The molecule has 186 valence electrons. The number of aryl methyl sites for hydroxylation is 1. The van der Waals surface area contributed by atoms with Gasteiger partial charge in [-0.3, -0.25) is 14.4 Å². The molecule has 0 aliphatic heterocycles. The lowest BCUT2D eigenvalue weighted by Gasteiger charge is -2.15. The van der Waals surface area contributed by atoms with Crippen molar-refractivity contribution in [3.05, 3.63) is 58.2 Å². The quantitative estimate of drug-likeness (QED) is 0.390. The average molecular weight is 540 g/mol. The van der Waals surface area contributed by atoms with Gasteiger partial charge in [0.05, 0.1) is 20.9 Å². The molecular weight excluding hydrogens is 517 g/mol. The van der Waals surface area contributed by atoms with E-state index in [-0.39, 0.29) is 11.3 Å². The first-order valence-corrected chi connectivity index (χ1v) is 12.7. The van der Waals surface area contributed by atoms with Gasteiger partial charge >= 0.3 is 5.97 Å². The van der Waals surface area contributed by atoms with Crippen molar-refractivity contribution in [1.29, 1.82) is 0 Å². The van der Waals surface area contributed by atoms with Crippen molar-refractivity contribution >= 4 is 67.6 Å². The minimum atomic E-state index is -4.17. The predicted octanol–water partition coefficient (Wildman–Crippen LogP) is 4.29. The van der Waals surface area contributed by atoms with E-state index in [0.717, 1.165) is 0 Å². The summed E-state index contributed by atoms with van der Waals surface area (Å²) in [5, 5.41) is 13.0. The molecule has 0 spiro atoms. The number of anilines is 1. The number of carbonyl (C=O) groups is 3. The van der Waals surface area contributed by atoms with Gasteiger partial charge in [0.15, 0.2) is 0 Å². The molecule has 3 aromatic rings. The molecule has 1 heterocycles. The Bertz CT molecular complexity index is 1420. The summed E-state index contributed by atoms with van der Waals surface area (Å²) in [4.78, 5) is 35.8. The van der Waals surface area contributed by atoms with E-state index in [1.165, 1.54) is 31.2 Å². The molecule has 2 aromatic carbocycles. The van der Waals surface area contributed by atoms with Crippen LogP contribution in [0.1, 0.15) is 30.8 Å². The zero-order chi connectivity index (χ0) is 26.1. The molecule has 3 rings (SSSR count). The Kier molecular flexibility index (Phi) is 7.78. The van der Waals surface area contributed by atoms with E-state index >= 15 is 0 Å². The summed E-state index contributed by atoms with van der Waals surface area (Å²) in [6.07, 6.45) is -0.263. The van der Waals surface area contributed by atoms with Crippen LogP contribution < -0.4 is 10.0 Å². The first kappa shape index (κ1) is 26.5. The number of carbonyl (C=O) groups excluding carboxylic acids is 2. The van der Waals surface area contributed by atoms with Crippen molar-refractivity contribution < 1.29 is 27.9 Å². The second-order valence-corrected chi connectivity index (χ2v) is 10.7. The molecule has 9 nitrogen and oxygen atoms in total. The van der Waals surface area contributed by atoms with Crippen LogP contribution in [-0.2, 0) is 26.7 Å². The van der Waals surface area contributed by atoms with Crippen LogP contribution in [0.5, 0.6) is 0 Å². The third-order valence-electron chi connectivity index (χ3n) is 5.77. The lowest BCUT2D eigenvalue weighted by Crippen LogP contribution is -2.33. The molecule has 0 saturated carbocycles. The van der Waals surface area contributed by atoms with Crippen molar-refractivity contribution in [2.75, 3.05) is 5.32 Å². The molecule has 2 unspecified atom stereocenters. The molecule has 0 aliphatic carbocycles. The van der Waals surface area contributed by atoms with E-state index in [4.69, 9.17) is 28.3 Å². The van der Waals surface area contributed by atoms with E-state index in [1.807, 2.05) is 4.72 Å². The molecule has 0 radical (unpaired) electrons. The Morgan fingerprint density at radius 1 is 1.06 bits per heavy atom. The zero-order valence-electron chi connectivity index (χ0n) is 19.0. The molecule has 12 heteroatoms. The normalized spacial score (nSPS) is 13.3. The van der Waals surface area contributed by atoms with E-state index < -0.39 is 39.6 Å². The summed E-state index contributed by atoms with van der Waals surface area (Å²) >= 11 is 12.3. The van der Waals surface area contributed by atoms with E-state index in [1.54, 1.807) is 36.7 Å². The number of carboxylic acids is 1. The van der Waals surface area contributed by atoms with Gasteiger partial charge in [-0.2, -0.15) is 0 Å². The summed E-state index contributed by atoms with van der Waals surface area (Å²) in [6.45, 7) is 3.00. The Balaban J connectivity index is 1.71. The highest BCUT2D eigenvalue weighted by Gasteiger charge is 2.25. The van der Waals surface area contributed by atoms with Crippen molar-refractivity contribution in [3.8, 4) is 0 Å². The van der Waals surface area contributed by atoms with E-state index in [9.17, 15) is 22.8 Å². The summed E-state index contributed by atoms with van der Waals surface area (Å²) in [5.41, 5.74) is 1.37. The van der Waals surface area contributed by atoms with Crippen LogP contribution in [0, 0.1) is 11.8 Å². The summed E-state index contributed by atoms with van der Waals surface area (Å²) in [6, 6.07) is 10.3. The number of nitrogens with zero attached hydrogens (tertiary/aromatic N) is 1. The second kappa shape index (κ2) is 10.3. The fraction of sp³-hybridized carbons (Fsp3) is 0.261. The van der Waals surface area contributed by atoms with Gasteiger partial charge < -0.3 is 15.0 Å². The molecule has 2 amide bonds. The molecular formula is C23H23Cl2N3O6S. The van der Waals surface area contributed by atoms with Crippen LogP contribution in [0.15, 0.2) is 47.4 Å². The van der Waals surface area contributed by atoms with E-state index in [2.05, 4.69) is 5.32 Å². The average Bonchev–Trinajstić information content (AvgIpc) is 3.12. The van der Waals surface area contributed by atoms with Gasteiger partial charge in [0.1, 0.15) is 5.69 Å². The van der Waals surface area contributed by atoms with Crippen LogP contribution >= 0.6 is 23.2 Å². The second-order valence-electron chi connectivity index (χ2n) is 8.20. The largest absolute Gasteiger partial charge is 0.481 e. The molecule has 35 heavy (non-hydrogen) atoms. The Morgan fingerprint density at radius 2 is 1.69 bits per heavy atom. The summed E-state index contributed by atoms with van der Waals surface area (Å²) in [7, 11) is -2.47. The molecule has 0 aliphatic rings. The highest BCUT2D eigenvalue weighted by atomic mass is 35.5. The maximum Gasteiger partial charge on any atom is 0.306 e. The maximum atomic E-state index is 12.8. The minimum Gasteiger partial charge on any atom is -0.481 e. The molecule has 0 fully saturated rings. The fourth-order valence-electron chi connectivity index (χ4n) is 3.44. The Hall–Kier alpha value is -3.08. The smallest absolute Gasteiger partial charge is 0.306 e. The number of aliphatic carboxylic acids is 1. The van der Waals surface area contributed by atoms with Crippen LogP contribution in [0.3, 0.4) is 0 Å². The molecule has 2 atom stereocenters. The zero-order valence-corrected chi connectivity index (χ0v) is 21.3. The van der Waals surface area contributed by atoms with Crippen molar-refractivity contribution in [3.63, 3.8) is 0 Å². The fourth-order valence-corrected chi connectivity index (χ4v) is 4.82. The third kappa shape index (κ3) is 5.77. The van der Waals surface area contributed by atoms with Crippen molar-refractivity contribution in [2.45, 2.75) is 25.2 Å². The summed E-state index contributed by atoms with van der Waals surface area (Å²) < 4.78 is 28.7. The number of benzene rings is 2. The van der Waals surface area contributed by atoms with Crippen LogP contribution in [-0.4, -0.2) is 35.9 Å². The number of carboxylic acid groups (broad SMARTS) is 1. The SMILES string of the molecule is CC(CC(=O)NS(=O)(=O)c1ccc(NC(=O)c2cc3c(Cl)c(Cl)ccc3n2C)cc1)C(C)C(=O)O. The number of aromatic nitrogens is 1. The first-order chi connectivity index (χ1) is 16.3. The first-order valence-electron chi connectivity index (χ1n) is 10.4. The Morgan fingerprint density at radius 3 is 2.29 bits per heavy atom. The van der Waals surface area contributed by atoms with Gasteiger partial charge in [-0.05, 0) is 48.4 Å². The van der Waals surface area contributed by atoms with Crippen molar-refractivity contribution in [1.82, 2.24) is 9.29 Å². The van der Waals surface area contributed by atoms with Gasteiger partial charge in [-0.1, -0.05) is 37.0 Å². The molecule has 1 aromatic heterocycles. The topological polar surface area (TPSA) is 135 Å². The van der Waals surface area contributed by atoms with Crippen molar-refractivity contribution in [2.24, 2.45) is 18.9 Å². The monoisotopic (exact) mass is 539 g/mol. The number of halogens is 2. The molecule has 3 N–H and O–H groups in total. The molecule has 0 bridgehead atoms. The van der Waals surface area contributed by atoms with E-state index in [0.29, 0.717) is 32.3 Å². The number of nitrogens with one attached hydrogen (secondary N) is 2. The number of sulfonamides is 1. The predicted molar refractivity (Wildman–Crippen MR) is 133 cm³/mol. The van der Waals surface area contributed by atoms with Gasteiger partial charge in [-0.25, -0.2) is 13.1 Å². The maximum absolute atomic E-state index is 12.8. The number of amides is 2. The number of fused-ring (bicyclic) bond motifs is 1. The van der Waals surface area contributed by atoms with Crippen LogP contribution in [0.25, 0.3) is 10.9 Å². The van der Waals surface area contributed by atoms with Gasteiger partial charge in [-0.15, -0.1) is 0 Å². The standard InChI is InChI=1S/C23H23Cl2N3O6S/c1-12(13(2)23(31)32)10-20(29)27-35(33,34)15-6-4-14(5-7-15)26-22(30)19-11-16-18(28(19)3)9-8-17(24)21(16)25/h4-9,11-13H,10H2,1-3H3,(H,26,30)(H,27,29)(H,31,32). The Labute approximate surface area is 212 Å². The third-order valence-corrected chi connectivity index (χ3v) is 7.98. The number of hydrogen-bond donors (Lipinski definition) is 3. The van der Waals surface area contributed by atoms with Gasteiger partial charge in [0.25, 0.3) is 15.9 Å². The summed E-state index contributed by atoms with van der Waals surface area (Å²) in [5.74, 6) is -3.68. The number of rotatable bonds is 8.